The zero-order chi connectivity index (χ0) is 13.7. The van der Waals surface area contributed by atoms with Crippen molar-refractivity contribution < 1.29 is 9.90 Å². The average molecular weight is 269 g/mol. The molecule has 0 bridgehead atoms. The lowest BCUT2D eigenvalue weighted by atomic mass is 9.99. The summed E-state index contributed by atoms with van der Waals surface area (Å²) in [5.74, 6) is 0.848. The Balaban J connectivity index is 1.61. The normalized spacial score (nSPS) is 26.4. The van der Waals surface area contributed by atoms with E-state index in [1.807, 2.05) is 0 Å². The Bertz CT molecular complexity index is 290. The van der Waals surface area contributed by atoms with Crippen molar-refractivity contribution in [2.45, 2.75) is 38.7 Å². The number of β-amino-alcohol motifs (C(OH)–C–C–N with tert-alkyl or cyclic N) is 1. The van der Waals surface area contributed by atoms with Crippen LogP contribution in [-0.4, -0.2) is 66.3 Å². The molecule has 0 aliphatic carbocycles. The van der Waals surface area contributed by atoms with Crippen LogP contribution < -0.4 is 5.32 Å². The van der Waals surface area contributed by atoms with Crippen LogP contribution in [-0.2, 0) is 0 Å². The predicted octanol–water partition coefficient (Wildman–Crippen LogP) is 0.885. The third-order valence-electron chi connectivity index (χ3n) is 4.26. The number of hydrogen-bond acceptors (Lipinski definition) is 3. The van der Waals surface area contributed by atoms with Crippen LogP contribution in [0.25, 0.3) is 0 Å². The van der Waals surface area contributed by atoms with Crippen molar-refractivity contribution >= 4 is 6.03 Å². The van der Waals surface area contributed by atoms with Crippen molar-refractivity contribution in [3.05, 3.63) is 0 Å². The van der Waals surface area contributed by atoms with Crippen molar-refractivity contribution in [3.8, 4) is 0 Å². The van der Waals surface area contributed by atoms with Gasteiger partial charge in [-0.25, -0.2) is 4.79 Å². The molecule has 2 rings (SSSR count). The molecule has 2 N–H and O–H groups in total. The summed E-state index contributed by atoms with van der Waals surface area (Å²) in [5, 5.41) is 12.5. The van der Waals surface area contributed by atoms with Crippen molar-refractivity contribution in [1.29, 1.82) is 0 Å². The number of hydrogen-bond donors (Lipinski definition) is 2. The molecular weight excluding hydrogens is 242 g/mol. The highest BCUT2D eigenvalue weighted by molar-refractivity contribution is 5.74. The van der Waals surface area contributed by atoms with E-state index in [9.17, 15) is 9.90 Å². The second-order valence-corrected chi connectivity index (χ2v) is 6.00. The Labute approximate surface area is 115 Å². The highest BCUT2D eigenvalue weighted by Gasteiger charge is 2.22. The van der Waals surface area contributed by atoms with E-state index >= 15 is 0 Å². The summed E-state index contributed by atoms with van der Waals surface area (Å²) in [6, 6.07) is -0.0240. The van der Waals surface area contributed by atoms with Crippen LogP contribution >= 0.6 is 0 Å². The third kappa shape index (κ3) is 4.66. The fourth-order valence-electron chi connectivity index (χ4n) is 2.86. The maximum Gasteiger partial charge on any atom is 0.317 e. The lowest BCUT2D eigenvalue weighted by molar-refractivity contribution is 0.0838. The van der Waals surface area contributed by atoms with Gasteiger partial charge in [-0.1, -0.05) is 6.92 Å². The van der Waals surface area contributed by atoms with E-state index in [1.165, 1.54) is 12.8 Å². The standard InChI is InChI=1S/C14H27N3O2/c1-12-4-8-16(9-5-12)10-6-15-14(19)17-7-2-3-13(18)11-17/h12-13,18H,2-11H2,1H3,(H,15,19). The SMILES string of the molecule is CC1CCN(CCNC(=O)N2CCCC(O)C2)CC1. The first-order valence-corrected chi connectivity index (χ1v) is 7.58. The van der Waals surface area contributed by atoms with Crippen LogP contribution in [0.5, 0.6) is 0 Å². The zero-order valence-corrected chi connectivity index (χ0v) is 12.0. The highest BCUT2D eigenvalue weighted by atomic mass is 16.3. The Morgan fingerprint density at radius 3 is 2.68 bits per heavy atom. The van der Waals surface area contributed by atoms with E-state index in [-0.39, 0.29) is 12.1 Å². The number of likely N-dealkylation sites (tertiary alicyclic amines) is 2. The molecule has 0 saturated carbocycles. The second-order valence-electron chi connectivity index (χ2n) is 6.00. The van der Waals surface area contributed by atoms with Crippen LogP contribution in [0.2, 0.25) is 0 Å². The highest BCUT2D eigenvalue weighted by Crippen LogP contribution is 2.15. The lowest BCUT2D eigenvalue weighted by Gasteiger charge is -2.32. The molecular formula is C14H27N3O2. The molecule has 5 nitrogen and oxygen atoms in total. The summed E-state index contributed by atoms with van der Waals surface area (Å²) in [7, 11) is 0. The number of rotatable bonds is 3. The summed E-state index contributed by atoms with van der Waals surface area (Å²) in [5.41, 5.74) is 0. The van der Waals surface area contributed by atoms with Gasteiger partial charge in [-0.05, 0) is 44.7 Å². The minimum atomic E-state index is -0.344. The van der Waals surface area contributed by atoms with Gasteiger partial charge in [0, 0.05) is 26.2 Å². The first-order valence-electron chi connectivity index (χ1n) is 7.58. The van der Waals surface area contributed by atoms with E-state index < -0.39 is 0 Å². The van der Waals surface area contributed by atoms with Gasteiger partial charge in [0.1, 0.15) is 0 Å². The van der Waals surface area contributed by atoms with Crippen molar-refractivity contribution in [2.75, 3.05) is 39.3 Å². The Morgan fingerprint density at radius 2 is 2.00 bits per heavy atom. The number of amides is 2. The van der Waals surface area contributed by atoms with E-state index in [4.69, 9.17) is 0 Å². The monoisotopic (exact) mass is 269 g/mol. The smallest absolute Gasteiger partial charge is 0.317 e. The van der Waals surface area contributed by atoms with Gasteiger partial charge in [0.25, 0.3) is 0 Å². The molecule has 1 atom stereocenters. The largest absolute Gasteiger partial charge is 0.391 e. The molecule has 0 aromatic carbocycles. The molecule has 2 aliphatic rings. The fourth-order valence-corrected chi connectivity index (χ4v) is 2.86. The number of carbonyl (C=O) groups is 1. The van der Waals surface area contributed by atoms with Crippen molar-refractivity contribution in [3.63, 3.8) is 0 Å². The van der Waals surface area contributed by atoms with Crippen molar-refractivity contribution in [2.24, 2.45) is 5.92 Å². The number of carbonyl (C=O) groups excluding carboxylic acids is 1. The van der Waals surface area contributed by atoms with Crippen LogP contribution in [0, 0.1) is 5.92 Å². The maximum absolute atomic E-state index is 11.9. The third-order valence-corrected chi connectivity index (χ3v) is 4.26. The molecule has 1 unspecified atom stereocenters. The summed E-state index contributed by atoms with van der Waals surface area (Å²) in [4.78, 5) is 16.1. The number of nitrogens with one attached hydrogen (secondary N) is 1. The topological polar surface area (TPSA) is 55.8 Å². The van der Waals surface area contributed by atoms with Crippen LogP contribution in [0.1, 0.15) is 32.6 Å². The maximum atomic E-state index is 11.9. The van der Waals surface area contributed by atoms with Crippen LogP contribution in [0.3, 0.4) is 0 Å². The first-order chi connectivity index (χ1) is 9.15. The van der Waals surface area contributed by atoms with E-state index in [1.54, 1.807) is 4.90 Å². The average Bonchev–Trinajstić information content (AvgIpc) is 2.41. The number of aliphatic hydroxyl groups excluding tert-OH is 1. The minimum Gasteiger partial charge on any atom is -0.391 e. The van der Waals surface area contributed by atoms with Gasteiger partial charge in [-0.3, -0.25) is 0 Å². The van der Waals surface area contributed by atoms with Gasteiger partial charge in [-0.15, -0.1) is 0 Å². The van der Waals surface area contributed by atoms with Gasteiger partial charge in [0.2, 0.25) is 0 Å². The predicted molar refractivity (Wildman–Crippen MR) is 75.1 cm³/mol. The quantitative estimate of drug-likeness (QED) is 0.800. The number of aliphatic hydroxyl groups is 1. The molecule has 0 aromatic rings. The van der Waals surface area contributed by atoms with Gasteiger partial charge in [0.05, 0.1) is 6.10 Å². The van der Waals surface area contributed by atoms with Gasteiger partial charge >= 0.3 is 6.03 Å². The molecule has 5 heteroatoms. The van der Waals surface area contributed by atoms with Crippen LogP contribution in [0.15, 0.2) is 0 Å². The molecule has 2 saturated heterocycles. The molecule has 2 amide bonds. The molecule has 0 spiro atoms. The second kappa shape index (κ2) is 7.10. The zero-order valence-electron chi connectivity index (χ0n) is 12.0. The molecule has 110 valence electrons. The van der Waals surface area contributed by atoms with Gasteiger partial charge in [0.15, 0.2) is 0 Å². The van der Waals surface area contributed by atoms with Crippen molar-refractivity contribution in [1.82, 2.24) is 15.1 Å². The molecule has 0 aromatic heterocycles. The Morgan fingerprint density at radius 1 is 1.26 bits per heavy atom. The van der Waals surface area contributed by atoms with E-state index in [2.05, 4.69) is 17.1 Å². The van der Waals surface area contributed by atoms with E-state index in [0.29, 0.717) is 13.1 Å². The van der Waals surface area contributed by atoms with E-state index in [0.717, 1.165) is 44.9 Å². The van der Waals surface area contributed by atoms with Gasteiger partial charge < -0.3 is 20.2 Å². The summed E-state index contributed by atoms with van der Waals surface area (Å²) in [6.45, 7) is 7.51. The first kappa shape index (κ1) is 14.6. The molecule has 2 fully saturated rings. The molecule has 2 heterocycles. The van der Waals surface area contributed by atoms with Crippen LogP contribution in [0.4, 0.5) is 4.79 Å². The summed E-state index contributed by atoms with van der Waals surface area (Å²) in [6.07, 6.45) is 3.91. The lowest BCUT2D eigenvalue weighted by Crippen LogP contribution is -2.48. The molecule has 2 aliphatic heterocycles. The molecule has 19 heavy (non-hydrogen) atoms. The van der Waals surface area contributed by atoms with Gasteiger partial charge in [-0.2, -0.15) is 0 Å². The minimum absolute atomic E-state index is 0.0240. The number of nitrogens with zero attached hydrogens (tertiary/aromatic N) is 2. The summed E-state index contributed by atoms with van der Waals surface area (Å²) >= 11 is 0. The molecule has 0 radical (unpaired) electrons. The fraction of sp³-hybridized carbons (Fsp3) is 0.929. The number of urea groups is 1. The Kier molecular flexibility index (Phi) is 5.45. The summed E-state index contributed by atoms with van der Waals surface area (Å²) < 4.78 is 0. The Hall–Kier alpha value is -0.810. The number of piperidine rings is 2.